The molecule has 0 spiro atoms. The van der Waals surface area contributed by atoms with Gasteiger partial charge in [-0.2, -0.15) is 10.2 Å². The third-order valence-corrected chi connectivity index (χ3v) is 5.40. The van der Waals surface area contributed by atoms with Crippen molar-refractivity contribution in [3.05, 3.63) is 66.5 Å². The van der Waals surface area contributed by atoms with Gasteiger partial charge in [-0.05, 0) is 12.1 Å². The van der Waals surface area contributed by atoms with Crippen molar-refractivity contribution in [1.29, 1.82) is 0 Å². The highest BCUT2D eigenvalue weighted by atomic mass is 19.1. The summed E-state index contributed by atoms with van der Waals surface area (Å²) in [7, 11) is 5.15. The summed E-state index contributed by atoms with van der Waals surface area (Å²) in [5.41, 5.74) is 2.97. The fourth-order valence-corrected chi connectivity index (χ4v) is 3.80. The molecule has 0 fully saturated rings. The number of fused-ring (bicyclic) bond motifs is 1. The molecule has 166 valence electrons. The number of halogens is 1. The van der Waals surface area contributed by atoms with E-state index < -0.39 is 0 Å². The molecule has 10 heteroatoms. The maximum atomic E-state index is 15.6. The van der Waals surface area contributed by atoms with Crippen LogP contribution < -0.4 is 10.6 Å². The lowest BCUT2D eigenvalue weighted by molar-refractivity contribution is 0.0964. The van der Waals surface area contributed by atoms with Crippen molar-refractivity contribution in [2.75, 3.05) is 12.4 Å². The van der Waals surface area contributed by atoms with Crippen LogP contribution in [0.4, 0.5) is 16.0 Å². The van der Waals surface area contributed by atoms with Gasteiger partial charge in [-0.15, -0.1) is 0 Å². The van der Waals surface area contributed by atoms with E-state index in [2.05, 4.69) is 30.8 Å². The number of anilines is 2. The highest BCUT2D eigenvalue weighted by Gasteiger charge is 2.19. The maximum Gasteiger partial charge on any atom is 0.253 e. The van der Waals surface area contributed by atoms with Gasteiger partial charge in [0.25, 0.3) is 5.91 Å². The first-order valence-electron chi connectivity index (χ1n) is 10.2. The Labute approximate surface area is 188 Å². The van der Waals surface area contributed by atoms with Crippen LogP contribution in [-0.2, 0) is 14.1 Å². The molecular weight excluding hydrogens is 423 g/mol. The highest BCUT2D eigenvalue weighted by molar-refractivity contribution is 6.10. The van der Waals surface area contributed by atoms with Gasteiger partial charge in [0.1, 0.15) is 5.82 Å². The zero-order chi connectivity index (χ0) is 23.1. The van der Waals surface area contributed by atoms with Crippen LogP contribution in [0, 0.1) is 5.82 Å². The van der Waals surface area contributed by atoms with Gasteiger partial charge in [-0.1, -0.05) is 12.1 Å². The molecule has 9 nitrogen and oxygen atoms in total. The Bertz CT molecular complexity index is 1500. The number of hydrogen-bond acceptors (Lipinski definition) is 5. The molecule has 0 aliphatic heterocycles. The quantitative estimate of drug-likeness (QED) is 0.384. The Morgan fingerprint density at radius 3 is 2.64 bits per heavy atom. The number of rotatable bonds is 5. The van der Waals surface area contributed by atoms with Gasteiger partial charge >= 0.3 is 0 Å². The third kappa shape index (κ3) is 3.61. The number of carbonyl (C=O) groups is 1. The van der Waals surface area contributed by atoms with Gasteiger partial charge in [0.2, 0.25) is 0 Å². The molecule has 0 saturated heterocycles. The van der Waals surface area contributed by atoms with Crippen molar-refractivity contribution < 1.29 is 9.18 Å². The molecule has 33 heavy (non-hydrogen) atoms. The first kappa shape index (κ1) is 20.4. The number of carbonyl (C=O) groups excluding carboxylic acids is 1. The highest BCUT2D eigenvalue weighted by Crippen LogP contribution is 2.35. The van der Waals surface area contributed by atoms with Crippen LogP contribution in [0.25, 0.3) is 33.3 Å². The van der Waals surface area contributed by atoms with Crippen LogP contribution in [0.15, 0.2) is 55.1 Å². The number of pyridine rings is 1. The average Bonchev–Trinajstić information content (AvgIpc) is 3.54. The van der Waals surface area contributed by atoms with E-state index in [1.54, 1.807) is 72.4 Å². The largest absolute Gasteiger partial charge is 0.355 e. The summed E-state index contributed by atoms with van der Waals surface area (Å²) in [4.78, 5) is 20.1. The van der Waals surface area contributed by atoms with Crippen molar-refractivity contribution in [2.45, 2.75) is 0 Å². The van der Waals surface area contributed by atoms with Crippen LogP contribution in [0.5, 0.6) is 0 Å². The molecule has 4 aromatic heterocycles. The molecular formula is C23H21FN8O. The predicted molar refractivity (Wildman–Crippen MR) is 124 cm³/mol. The van der Waals surface area contributed by atoms with Crippen molar-refractivity contribution in [1.82, 2.24) is 34.8 Å². The number of nitrogens with zero attached hydrogens (tertiary/aromatic N) is 5. The summed E-state index contributed by atoms with van der Waals surface area (Å²) >= 11 is 0. The van der Waals surface area contributed by atoms with E-state index in [9.17, 15) is 4.79 Å². The molecule has 0 radical (unpaired) electrons. The smallest absolute Gasteiger partial charge is 0.253 e. The Morgan fingerprint density at radius 2 is 1.94 bits per heavy atom. The van der Waals surface area contributed by atoms with Gasteiger partial charge in [0.15, 0.2) is 11.6 Å². The summed E-state index contributed by atoms with van der Waals surface area (Å²) in [6, 6.07) is 8.76. The Morgan fingerprint density at radius 1 is 1.12 bits per heavy atom. The molecule has 0 aliphatic carbocycles. The normalized spacial score (nSPS) is 11.2. The molecule has 0 unspecified atom stereocenters. The maximum absolute atomic E-state index is 15.6. The van der Waals surface area contributed by atoms with E-state index in [0.717, 1.165) is 0 Å². The molecule has 0 saturated carbocycles. The monoisotopic (exact) mass is 444 g/mol. The second kappa shape index (κ2) is 7.90. The summed E-state index contributed by atoms with van der Waals surface area (Å²) < 4.78 is 18.9. The van der Waals surface area contributed by atoms with E-state index in [-0.39, 0.29) is 11.7 Å². The molecule has 0 aliphatic rings. The van der Waals surface area contributed by atoms with Crippen molar-refractivity contribution >= 4 is 28.4 Å². The lowest BCUT2D eigenvalue weighted by Gasteiger charge is -2.07. The molecule has 3 N–H and O–H groups in total. The number of benzene rings is 1. The number of H-pyrrole nitrogens is 1. The zero-order valence-corrected chi connectivity index (χ0v) is 18.2. The molecule has 1 aromatic carbocycles. The van der Waals surface area contributed by atoms with Crippen molar-refractivity contribution in [3.63, 3.8) is 0 Å². The van der Waals surface area contributed by atoms with Crippen LogP contribution in [0.3, 0.4) is 0 Å². The number of aromatic nitrogens is 6. The minimum atomic E-state index is -0.384. The van der Waals surface area contributed by atoms with Crippen molar-refractivity contribution in [2.24, 2.45) is 14.1 Å². The molecule has 0 bridgehead atoms. The first-order chi connectivity index (χ1) is 15.9. The average molecular weight is 444 g/mol. The topological polar surface area (TPSA) is 105 Å². The molecule has 5 aromatic rings. The third-order valence-electron chi connectivity index (χ3n) is 5.40. The fourth-order valence-electron chi connectivity index (χ4n) is 3.80. The van der Waals surface area contributed by atoms with Gasteiger partial charge in [0, 0.05) is 73.6 Å². The van der Waals surface area contributed by atoms with E-state index in [4.69, 9.17) is 0 Å². The van der Waals surface area contributed by atoms with Crippen LogP contribution in [0.1, 0.15) is 10.4 Å². The minimum Gasteiger partial charge on any atom is -0.355 e. The summed E-state index contributed by atoms with van der Waals surface area (Å²) in [5, 5.41) is 14.9. The Balaban J connectivity index is 1.67. The summed E-state index contributed by atoms with van der Waals surface area (Å²) in [6.07, 6.45) is 6.68. The van der Waals surface area contributed by atoms with Crippen LogP contribution in [0.2, 0.25) is 0 Å². The molecule has 4 heterocycles. The second-order valence-electron chi connectivity index (χ2n) is 7.64. The minimum absolute atomic E-state index is 0.285. The second-order valence-corrected chi connectivity index (χ2v) is 7.64. The van der Waals surface area contributed by atoms with Crippen molar-refractivity contribution in [3.8, 4) is 22.4 Å². The number of aromatic amines is 1. The number of hydrogen-bond donors (Lipinski definition) is 3. The number of aryl methyl sites for hydroxylation is 2. The summed E-state index contributed by atoms with van der Waals surface area (Å²) in [5.74, 6) is 0.407. The van der Waals surface area contributed by atoms with Gasteiger partial charge in [-0.25, -0.2) is 9.37 Å². The van der Waals surface area contributed by atoms with Gasteiger partial charge in [0.05, 0.1) is 17.3 Å². The van der Waals surface area contributed by atoms with E-state index >= 15 is 4.39 Å². The van der Waals surface area contributed by atoms with Crippen LogP contribution in [-0.4, -0.2) is 42.5 Å². The number of nitrogens with one attached hydrogen (secondary N) is 3. The lowest BCUT2D eigenvalue weighted by Crippen LogP contribution is -2.18. The predicted octanol–water partition coefficient (Wildman–Crippen LogP) is 3.61. The van der Waals surface area contributed by atoms with Gasteiger partial charge < -0.3 is 15.6 Å². The number of amides is 1. The summed E-state index contributed by atoms with van der Waals surface area (Å²) in [6.45, 7) is 0. The standard InChI is InChI=1S/C23H21FN8O/c1-25-23(33)17-11-26-22(29-19-7-8-31(2)30-19)21-16(17)9-18(28-21)15-6-4-5-14(20(15)24)13-10-27-32(3)12-13/h4-12,28H,1-3H3,(H,25,33)(H,26,29,30). The molecule has 0 atom stereocenters. The van der Waals surface area contributed by atoms with E-state index in [1.165, 1.54) is 6.20 Å². The zero-order valence-electron chi connectivity index (χ0n) is 18.2. The van der Waals surface area contributed by atoms with E-state index in [0.29, 0.717) is 50.5 Å². The van der Waals surface area contributed by atoms with Crippen LogP contribution >= 0.6 is 0 Å². The molecule has 5 rings (SSSR count). The Hall–Kier alpha value is -4.47. The fraction of sp³-hybridized carbons (Fsp3) is 0.130. The molecule has 1 amide bonds. The van der Waals surface area contributed by atoms with Gasteiger partial charge in [-0.3, -0.25) is 14.2 Å². The first-order valence-corrected chi connectivity index (χ1v) is 10.2. The SMILES string of the molecule is CNC(=O)c1cnc(Nc2ccn(C)n2)c2[nH]c(-c3cccc(-c4cnn(C)c4)c3F)cc12. The van der Waals surface area contributed by atoms with E-state index in [1.807, 2.05) is 7.05 Å². The Kier molecular flexibility index (Phi) is 4.89. The lowest BCUT2D eigenvalue weighted by atomic mass is 10.0.